The molecule has 4 heterocycles. The van der Waals surface area contributed by atoms with Gasteiger partial charge in [-0.3, -0.25) is 15.1 Å². The van der Waals surface area contributed by atoms with Crippen molar-refractivity contribution in [3.8, 4) is 28.7 Å². The highest BCUT2D eigenvalue weighted by Crippen LogP contribution is 2.70. The van der Waals surface area contributed by atoms with Gasteiger partial charge < -0.3 is 4.74 Å². The van der Waals surface area contributed by atoms with Gasteiger partial charge in [0.2, 0.25) is 0 Å². The molecule has 2 saturated carbocycles. The third-order valence-electron chi connectivity index (χ3n) is 6.43. The van der Waals surface area contributed by atoms with E-state index in [0.29, 0.717) is 55.1 Å². The Balaban J connectivity index is 1.28. The highest BCUT2D eigenvalue weighted by Gasteiger charge is 2.62. The summed E-state index contributed by atoms with van der Waals surface area (Å²) in [6.45, 7) is 1.85. The van der Waals surface area contributed by atoms with Crippen LogP contribution < -0.4 is 10.1 Å². The summed E-state index contributed by atoms with van der Waals surface area (Å²) in [5.74, 6) is 7.10. The normalized spacial score (nSPS) is 17.1. The summed E-state index contributed by atoms with van der Waals surface area (Å²) in [7, 11) is 1.54. The van der Waals surface area contributed by atoms with Crippen molar-refractivity contribution in [1.29, 1.82) is 0 Å². The molecule has 4 aromatic rings. The molecule has 2 aliphatic rings. The van der Waals surface area contributed by atoms with Gasteiger partial charge in [0.15, 0.2) is 15.6 Å². The molecule has 1 spiro atoms. The molecule has 10 heteroatoms. The summed E-state index contributed by atoms with van der Waals surface area (Å²) in [6, 6.07) is 3.47. The number of thiazole rings is 1. The van der Waals surface area contributed by atoms with Crippen LogP contribution in [0.3, 0.4) is 0 Å². The SMILES string of the molecule is COc1cnc(Cl)cc1-c1cc(C)ncc1C(=O)Nc1nc2ncc(C#CC3CC34CC4)nc2s1. The number of carbonyl (C=O) groups excluding carboxylic acids is 1. The van der Waals surface area contributed by atoms with Crippen molar-refractivity contribution >= 4 is 44.5 Å². The lowest BCUT2D eigenvalue weighted by atomic mass is 10.0. The number of hydrogen-bond donors (Lipinski definition) is 1. The predicted octanol–water partition coefficient (Wildman–Crippen LogP) is 4.92. The molecule has 2 aliphatic carbocycles. The van der Waals surface area contributed by atoms with Gasteiger partial charge in [0.05, 0.1) is 25.1 Å². The summed E-state index contributed by atoms with van der Waals surface area (Å²) in [6.07, 6.45) is 8.48. The Labute approximate surface area is 210 Å². The molecule has 0 saturated heterocycles. The van der Waals surface area contributed by atoms with E-state index in [-0.39, 0.29) is 11.1 Å². The third kappa shape index (κ3) is 4.20. The van der Waals surface area contributed by atoms with Gasteiger partial charge in [-0.15, -0.1) is 0 Å². The lowest BCUT2D eigenvalue weighted by Crippen LogP contribution is -2.14. The van der Waals surface area contributed by atoms with Crippen LogP contribution in [0.2, 0.25) is 5.15 Å². The molecule has 1 unspecified atom stereocenters. The van der Waals surface area contributed by atoms with E-state index in [4.69, 9.17) is 16.3 Å². The fourth-order valence-electron chi connectivity index (χ4n) is 4.18. The van der Waals surface area contributed by atoms with E-state index in [1.54, 1.807) is 18.3 Å². The van der Waals surface area contributed by atoms with Gasteiger partial charge in [0, 0.05) is 28.9 Å². The number of halogens is 1. The van der Waals surface area contributed by atoms with Crippen LogP contribution in [0.4, 0.5) is 5.13 Å². The number of rotatable bonds is 4. The van der Waals surface area contributed by atoms with Crippen LogP contribution >= 0.6 is 22.9 Å². The maximum Gasteiger partial charge on any atom is 0.259 e. The number of nitrogens with one attached hydrogen (secondary N) is 1. The van der Waals surface area contributed by atoms with Crippen LogP contribution in [0, 0.1) is 30.1 Å². The molecule has 0 aromatic carbocycles. The molecule has 6 rings (SSSR count). The summed E-state index contributed by atoms with van der Waals surface area (Å²) < 4.78 is 5.44. The summed E-state index contributed by atoms with van der Waals surface area (Å²) in [5.41, 5.74) is 3.97. The molecule has 0 radical (unpaired) electrons. The molecular weight excluding hydrogens is 484 g/mol. The average Bonchev–Trinajstić information content (AvgIpc) is 3.74. The molecule has 0 bridgehead atoms. The molecule has 8 nitrogen and oxygen atoms in total. The molecule has 35 heavy (non-hydrogen) atoms. The highest BCUT2D eigenvalue weighted by atomic mass is 35.5. The number of fused-ring (bicyclic) bond motifs is 1. The van der Waals surface area contributed by atoms with Gasteiger partial charge in [-0.1, -0.05) is 28.9 Å². The summed E-state index contributed by atoms with van der Waals surface area (Å²) >= 11 is 7.38. The Bertz CT molecular complexity index is 1570. The van der Waals surface area contributed by atoms with Crippen LogP contribution in [-0.4, -0.2) is 37.9 Å². The number of aromatic nitrogens is 5. The number of nitrogens with zero attached hydrogens (tertiary/aromatic N) is 5. The maximum atomic E-state index is 13.3. The number of ether oxygens (including phenoxy) is 1. The van der Waals surface area contributed by atoms with Gasteiger partial charge in [0.1, 0.15) is 16.6 Å². The van der Waals surface area contributed by atoms with Crippen LogP contribution in [0.15, 0.2) is 30.7 Å². The van der Waals surface area contributed by atoms with Crippen molar-refractivity contribution in [3.05, 3.63) is 52.8 Å². The topological polar surface area (TPSA) is 103 Å². The average molecular weight is 503 g/mol. The first-order chi connectivity index (χ1) is 16.9. The van der Waals surface area contributed by atoms with E-state index in [0.717, 1.165) is 5.69 Å². The highest BCUT2D eigenvalue weighted by molar-refractivity contribution is 7.21. The predicted molar refractivity (Wildman–Crippen MR) is 134 cm³/mol. The first-order valence-electron chi connectivity index (χ1n) is 11.1. The molecule has 174 valence electrons. The standard InChI is InChI=1S/C25H19ClN6O2S/c1-13-7-16(17-8-20(26)28-12-19(17)34-2)18(11-27-13)22(33)32-24-31-21-23(35-24)30-15(10-29-21)4-3-14-9-25(14)5-6-25/h7-8,10-12,14H,5-6,9H2,1-2H3,(H,29,31,32,33). The zero-order valence-corrected chi connectivity index (χ0v) is 20.5. The van der Waals surface area contributed by atoms with Crippen LogP contribution in [-0.2, 0) is 0 Å². The molecule has 1 amide bonds. The van der Waals surface area contributed by atoms with E-state index < -0.39 is 0 Å². The van der Waals surface area contributed by atoms with Crippen molar-refractivity contribution in [3.63, 3.8) is 0 Å². The van der Waals surface area contributed by atoms with E-state index >= 15 is 0 Å². The summed E-state index contributed by atoms with van der Waals surface area (Å²) in [4.78, 5) is 35.6. The minimum absolute atomic E-state index is 0.290. The first-order valence-corrected chi connectivity index (χ1v) is 12.3. The van der Waals surface area contributed by atoms with Crippen LogP contribution in [0.1, 0.15) is 41.0 Å². The fourth-order valence-corrected chi connectivity index (χ4v) is 5.13. The molecule has 1 atom stereocenters. The van der Waals surface area contributed by atoms with E-state index in [9.17, 15) is 4.79 Å². The zero-order valence-electron chi connectivity index (χ0n) is 18.9. The van der Waals surface area contributed by atoms with Gasteiger partial charge in [-0.05, 0) is 49.7 Å². The Morgan fingerprint density at radius 2 is 2.03 bits per heavy atom. The quantitative estimate of drug-likeness (QED) is 0.312. The first kappa shape index (κ1) is 21.9. The Kier molecular flexibility index (Phi) is 5.16. The maximum absolute atomic E-state index is 13.3. The van der Waals surface area contributed by atoms with Crippen molar-refractivity contribution in [1.82, 2.24) is 24.9 Å². The zero-order chi connectivity index (χ0) is 24.2. The Morgan fingerprint density at radius 3 is 2.80 bits per heavy atom. The monoisotopic (exact) mass is 502 g/mol. The van der Waals surface area contributed by atoms with Crippen molar-refractivity contribution < 1.29 is 9.53 Å². The second-order valence-corrected chi connectivity index (χ2v) is 10.2. The lowest BCUT2D eigenvalue weighted by Gasteiger charge is -2.13. The number of aryl methyl sites for hydroxylation is 1. The van der Waals surface area contributed by atoms with E-state index in [1.807, 2.05) is 6.92 Å². The number of anilines is 1. The second-order valence-electron chi connectivity index (χ2n) is 8.82. The number of carbonyl (C=O) groups is 1. The van der Waals surface area contributed by atoms with Crippen molar-refractivity contribution in [2.24, 2.45) is 11.3 Å². The van der Waals surface area contributed by atoms with Crippen LogP contribution in [0.5, 0.6) is 5.75 Å². The molecule has 0 aliphatic heterocycles. The van der Waals surface area contributed by atoms with Gasteiger partial charge in [-0.2, -0.15) is 4.98 Å². The minimum Gasteiger partial charge on any atom is -0.494 e. The lowest BCUT2D eigenvalue weighted by molar-refractivity contribution is 0.102. The van der Waals surface area contributed by atoms with Gasteiger partial charge >= 0.3 is 0 Å². The molecule has 1 N–H and O–H groups in total. The smallest absolute Gasteiger partial charge is 0.259 e. The third-order valence-corrected chi connectivity index (χ3v) is 7.49. The number of pyridine rings is 2. The number of amides is 1. The largest absolute Gasteiger partial charge is 0.494 e. The Morgan fingerprint density at radius 1 is 1.17 bits per heavy atom. The molecular formula is C25H19ClN6O2S. The second kappa shape index (κ2) is 8.26. The van der Waals surface area contributed by atoms with Gasteiger partial charge in [-0.25, -0.2) is 15.0 Å². The van der Waals surface area contributed by atoms with E-state index in [2.05, 4.69) is 42.1 Å². The molecule has 2 fully saturated rings. The molecule has 4 aromatic heterocycles. The number of methoxy groups -OCH3 is 1. The van der Waals surface area contributed by atoms with Crippen LogP contribution in [0.25, 0.3) is 21.6 Å². The van der Waals surface area contributed by atoms with Gasteiger partial charge in [0.25, 0.3) is 5.91 Å². The van der Waals surface area contributed by atoms with Crippen molar-refractivity contribution in [2.75, 3.05) is 12.4 Å². The van der Waals surface area contributed by atoms with Crippen molar-refractivity contribution in [2.45, 2.75) is 26.2 Å². The fraction of sp³-hybridized carbons (Fsp3) is 0.280. The minimum atomic E-state index is -0.370. The summed E-state index contributed by atoms with van der Waals surface area (Å²) in [5, 5.41) is 3.53. The number of hydrogen-bond acceptors (Lipinski definition) is 8. The Hall–Kier alpha value is -3.61. The van der Waals surface area contributed by atoms with E-state index in [1.165, 1.54) is 50.1 Å².